The van der Waals surface area contributed by atoms with Crippen molar-refractivity contribution in [2.24, 2.45) is 0 Å². The van der Waals surface area contributed by atoms with E-state index in [0.717, 1.165) is 18.2 Å². The number of nitrogens with zero attached hydrogens (tertiary/aromatic N) is 1. The molecule has 0 radical (unpaired) electrons. The maximum Gasteiger partial charge on any atom is 0.325 e. The predicted octanol–water partition coefficient (Wildman–Crippen LogP) is 1.62. The SMILES string of the molecule is C[C@H](Nc1cc(F)ccc1[N+](=O)[O-])C(=O)O. The number of halogens is 1. The number of benzene rings is 1. The largest absolute Gasteiger partial charge is 0.480 e. The van der Waals surface area contributed by atoms with Crippen molar-refractivity contribution >= 4 is 17.3 Å². The molecule has 1 aromatic rings. The van der Waals surface area contributed by atoms with Gasteiger partial charge in [-0.2, -0.15) is 0 Å². The summed E-state index contributed by atoms with van der Waals surface area (Å²) in [5, 5.41) is 21.5. The fourth-order valence-corrected chi connectivity index (χ4v) is 1.08. The van der Waals surface area contributed by atoms with Crippen LogP contribution in [0.15, 0.2) is 18.2 Å². The van der Waals surface area contributed by atoms with Crippen molar-refractivity contribution in [3.8, 4) is 0 Å². The second-order valence-corrected chi connectivity index (χ2v) is 3.12. The number of rotatable bonds is 4. The van der Waals surface area contributed by atoms with E-state index in [2.05, 4.69) is 5.32 Å². The van der Waals surface area contributed by atoms with Crippen molar-refractivity contribution in [1.29, 1.82) is 0 Å². The molecule has 7 heteroatoms. The Bertz CT molecular complexity index is 436. The molecule has 0 saturated heterocycles. The molecule has 86 valence electrons. The Labute approximate surface area is 89.9 Å². The topological polar surface area (TPSA) is 92.5 Å². The third kappa shape index (κ3) is 2.66. The van der Waals surface area contributed by atoms with Gasteiger partial charge >= 0.3 is 5.97 Å². The molecule has 1 aromatic carbocycles. The van der Waals surface area contributed by atoms with Crippen LogP contribution in [0, 0.1) is 15.9 Å². The summed E-state index contributed by atoms with van der Waals surface area (Å²) in [7, 11) is 0. The average Bonchev–Trinajstić information content (AvgIpc) is 2.16. The third-order valence-electron chi connectivity index (χ3n) is 1.90. The highest BCUT2D eigenvalue weighted by molar-refractivity contribution is 5.78. The Balaban J connectivity index is 3.05. The van der Waals surface area contributed by atoms with E-state index in [1.807, 2.05) is 0 Å². The molecule has 0 spiro atoms. The highest BCUT2D eigenvalue weighted by Crippen LogP contribution is 2.25. The second-order valence-electron chi connectivity index (χ2n) is 3.12. The first-order valence-electron chi connectivity index (χ1n) is 4.35. The van der Waals surface area contributed by atoms with Crippen molar-refractivity contribution < 1.29 is 19.2 Å². The number of carbonyl (C=O) groups is 1. The molecule has 0 unspecified atom stereocenters. The molecule has 1 rings (SSSR count). The number of carboxylic acids is 1. The Morgan fingerprint density at radius 2 is 2.25 bits per heavy atom. The Morgan fingerprint density at radius 1 is 1.62 bits per heavy atom. The van der Waals surface area contributed by atoms with Crippen LogP contribution in [0.4, 0.5) is 15.8 Å². The average molecular weight is 228 g/mol. The molecule has 0 aromatic heterocycles. The standard InChI is InChI=1S/C9H9FN2O4/c1-5(9(13)14)11-7-4-6(10)2-3-8(7)12(15)16/h2-5,11H,1H3,(H,13,14)/t5-/m0/s1. The van der Waals surface area contributed by atoms with Crippen molar-refractivity contribution in [2.45, 2.75) is 13.0 Å². The summed E-state index contributed by atoms with van der Waals surface area (Å²) < 4.78 is 12.9. The summed E-state index contributed by atoms with van der Waals surface area (Å²) in [5.74, 6) is -1.86. The Kier molecular flexibility index (Phi) is 3.39. The van der Waals surface area contributed by atoms with E-state index in [1.165, 1.54) is 6.92 Å². The molecule has 6 nitrogen and oxygen atoms in total. The first-order valence-corrected chi connectivity index (χ1v) is 4.35. The first-order chi connectivity index (χ1) is 7.41. The predicted molar refractivity (Wildman–Crippen MR) is 53.8 cm³/mol. The first kappa shape index (κ1) is 11.9. The lowest BCUT2D eigenvalue weighted by Crippen LogP contribution is -2.25. The van der Waals surface area contributed by atoms with Gasteiger partial charge in [0.05, 0.1) is 4.92 Å². The van der Waals surface area contributed by atoms with E-state index in [-0.39, 0.29) is 11.4 Å². The summed E-state index contributed by atoms with van der Waals surface area (Å²) in [6.07, 6.45) is 0. The van der Waals surface area contributed by atoms with Gasteiger partial charge < -0.3 is 10.4 Å². The van der Waals surface area contributed by atoms with E-state index >= 15 is 0 Å². The lowest BCUT2D eigenvalue weighted by Gasteiger charge is -2.10. The Morgan fingerprint density at radius 3 is 2.75 bits per heavy atom. The number of nitro benzene ring substituents is 1. The zero-order valence-electron chi connectivity index (χ0n) is 8.31. The lowest BCUT2D eigenvalue weighted by molar-refractivity contribution is -0.384. The van der Waals surface area contributed by atoms with Gasteiger partial charge in [-0.1, -0.05) is 0 Å². The molecule has 16 heavy (non-hydrogen) atoms. The summed E-state index contributed by atoms with van der Waals surface area (Å²) in [4.78, 5) is 20.4. The van der Waals surface area contributed by atoms with Gasteiger partial charge in [-0.05, 0) is 13.0 Å². The summed E-state index contributed by atoms with van der Waals surface area (Å²) in [6.45, 7) is 1.30. The van der Waals surface area contributed by atoms with Crippen LogP contribution >= 0.6 is 0 Å². The molecule has 0 fully saturated rings. The maximum atomic E-state index is 12.9. The number of nitrogens with one attached hydrogen (secondary N) is 1. The zero-order chi connectivity index (χ0) is 12.3. The molecule has 0 aliphatic carbocycles. The second kappa shape index (κ2) is 4.56. The fraction of sp³-hybridized carbons (Fsp3) is 0.222. The van der Waals surface area contributed by atoms with Gasteiger partial charge in [-0.3, -0.25) is 14.9 Å². The van der Waals surface area contributed by atoms with E-state index in [4.69, 9.17) is 5.11 Å². The van der Waals surface area contributed by atoms with Crippen LogP contribution in [0.2, 0.25) is 0 Å². The maximum absolute atomic E-state index is 12.9. The molecule has 0 aliphatic heterocycles. The van der Waals surface area contributed by atoms with E-state index in [1.54, 1.807) is 0 Å². The minimum absolute atomic E-state index is 0.153. The van der Waals surface area contributed by atoms with Gasteiger partial charge in [0.25, 0.3) is 5.69 Å². The smallest absolute Gasteiger partial charge is 0.325 e. The van der Waals surface area contributed by atoms with Gasteiger partial charge in [0, 0.05) is 12.1 Å². The van der Waals surface area contributed by atoms with Crippen LogP contribution in [0.1, 0.15) is 6.92 Å². The highest BCUT2D eigenvalue weighted by Gasteiger charge is 2.18. The van der Waals surface area contributed by atoms with Crippen LogP contribution in [0.5, 0.6) is 0 Å². The van der Waals surface area contributed by atoms with Crippen LogP contribution in [0.3, 0.4) is 0 Å². The van der Waals surface area contributed by atoms with Crippen LogP contribution in [0.25, 0.3) is 0 Å². The van der Waals surface area contributed by atoms with E-state index in [0.29, 0.717) is 0 Å². The zero-order valence-corrected chi connectivity index (χ0v) is 8.31. The monoisotopic (exact) mass is 228 g/mol. The van der Waals surface area contributed by atoms with Crippen LogP contribution in [-0.4, -0.2) is 22.0 Å². The Hall–Kier alpha value is -2.18. The summed E-state index contributed by atoms with van der Waals surface area (Å²) in [5.41, 5.74) is -0.519. The van der Waals surface area contributed by atoms with Crippen LogP contribution < -0.4 is 5.32 Å². The molecule has 0 bridgehead atoms. The van der Waals surface area contributed by atoms with Gasteiger partial charge in [-0.15, -0.1) is 0 Å². The summed E-state index contributed by atoms with van der Waals surface area (Å²) >= 11 is 0. The van der Waals surface area contributed by atoms with E-state index in [9.17, 15) is 19.3 Å². The molecule has 0 heterocycles. The minimum Gasteiger partial charge on any atom is -0.480 e. The lowest BCUT2D eigenvalue weighted by atomic mass is 10.2. The molecule has 2 N–H and O–H groups in total. The number of anilines is 1. The number of nitro groups is 1. The van der Waals surface area contributed by atoms with Gasteiger partial charge in [0.2, 0.25) is 0 Å². The van der Waals surface area contributed by atoms with Crippen LogP contribution in [-0.2, 0) is 4.79 Å². The minimum atomic E-state index is -1.18. The van der Waals surface area contributed by atoms with Crippen molar-refractivity contribution in [3.05, 3.63) is 34.1 Å². The molecular weight excluding hydrogens is 219 g/mol. The highest BCUT2D eigenvalue weighted by atomic mass is 19.1. The van der Waals surface area contributed by atoms with Crippen molar-refractivity contribution in [3.63, 3.8) is 0 Å². The van der Waals surface area contributed by atoms with Gasteiger partial charge in [-0.25, -0.2) is 4.39 Å². The van der Waals surface area contributed by atoms with Crippen molar-refractivity contribution in [2.75, 3.05) is 5.32 Å². The number of hydrogen-bond acceptors (Lipinski definition) is 4. The fourth-order valence-electron chi connectivity index (χ4n) is 1.08. The molecule has 0 saturated carbocycles. The quantitative estimate of drug-likeness (QED) is 0.603. The summed E-state index contributed by atoms with van der Waals surface area (Å²) in [6, 6.07) is 1.76. The van der Waals surface area contributed by atoms with Gasteiger partial charge in [0.1, 0.15) is 17.5 Å². The number of carboxylic acid groups (broad SMARTS) is 1. The third-order valence-corrected chi connectivity index (χ3v) is 1.90. The number of aliphatic carboxylic acids is 1. The normalized spacial score (nSPS) is 11.9. The van der Waals surface area contributed by atoms with Gasteiger partial charge in [0.15, 0.2) is 0 Å². The number of hydrogen-bond donors (Lipinski definition) is 2. The molecular formula is C9H9FN2O4. The van der Waals surface area contributed by atoms with Crippen molar-refractivity contribution in [1.82, 2.24) is 0 Å². The molecule has 0 amide bonds. The molecule has 0 aliphatic rings. The molecule has 1 atom stereocenters. The van der Waals surface area contributed by atoms with E-state index < -0.39 is 22.8 Å².